The van der Waals surface area contributed by atoms with Crippen molar-refractivity contribution in [2.24, 2.45) is 5.73 Å². The Bertz CT molecular complexity index is 396. The molecule has 1 rings (SSSR count). The molecule has 0 unspecified atom stereocenters. The number of rotatable bonds is 5. The minimum Gasteiger partial charge on any atom is -0.399 e. The molecule has 0 saturated heterocycles. The van der Waals surface area contributed by atoms with Crippen molar-refractivity contribution in [1.29, 1.82) is 0 Å². The summed E-state index contributed by atoms with van der Waals surface area (Å²) in [5.41, 5.74) is 11.8. The molecule has 88 valence electrons. The predicted molar refractivity (Wildman–Crippen MR) is 70.0 cm³/mol. The van der Waals surface area contributed by atoms with Gasteiger partial charge in [-0.2, -0.15) is 0 Å². The summed E-state index contributed by atoms with van der Waals surface area (Å²) < 4.78 is 0. The van der Waals surface area contributed by atoms with Crippen molar-refractivity contribution < 1.29 is 4.79 Å². The van der Waals surface area contributed by atoms with E-state index >= 15 is 0 Å². The van der Waals surface area contributed by atoms with Crippen LogP contribution in [0.25, 0.3) is 0 Å². The molecule has 0 fully saturated rings. The number of primary amides is 1. The Morgan fingerprint density at radius 1 is 1.50 bits per heavy atom. The monoisotopic (exact) mass is 258 g/mol. The first-order chi connectivity index (χ1) is 7.56. The number of amides is 1. The SMILES string of the molecule is CCCCSc1c(Cl)cc(N)cc1C(N)=O. The van der Waals surface area contributed by atoms with Crippen LogP contribution in [-0.2, 0) is 0 Å². The summed E-state index contributed by atoms with van der Waals surface area (Å²) in [6, 6.07) is 3.21. The molecule has 0 atom stereocenters. The lowest BCUT2D eigenvalue weighted by atomic mass is 10.2. The highest BCUT2D eigenvalue weighted by atomic mass is 35.5. The summed E-state index contributed by atoms with van der Waals surface area (Å²) in [6.07, 6.45) is 2.18. The second-order valence-corrected chi connectivity index (χ2v) is 4.96. The molecular weight excluding hydrogens is 244 g/mol. The number of halogens is 1. The molecule has 0 aliphatic carbocycles. The topological polar surface area (TPSA) is 69.1 Å². The third-order valence-corrected chi connectivity index (χ3v) is 3.71. The number of hydrogen-bond acceptors (Lipinski definition) is 3. The average Bonchev–Trinajstić information content (AvgIpc) is 2.20. The fourth-order valence-corrected chi connectivity index (χ4v) is 2.80. The van der Waals surface area contributed by atoms with Crippen LogP contribution in [0, 0.1) is 0 Å². The van der Waals surface area contributed by atoms with Gasteiger partial charge in [0.25, 0.3) is 0 Å². The lowest BCUT2D eigenvalue weighted by Crippen LogP contribution is -2.13. The van der Waals surface area contributed by atoms with Gasteiger partial charge in [-0.1, -0.05) is 24.9 Å². The number of anilines is 1. The van der Waals surface area contributed by atoms with E-state index in [0.717, 1.165) is 23.5 Å². The van der Waals surface area contributed by atoms with E-state index in [-0.39, 0.29) is 0 Å². The molecule has 5 heteroatoms. The fourth-order valence-electron chi connectivity index (χ4n) is 1.26. The molecule has 1 aromatic rings. The number of unbranched alkanes of at least 4 members (excludes halogenated alkanes) is 1. The van der Waals surface area contributed by atoms with E-state index in [1.807, 2.05) is 0 Å². The first-order valence-electron chi connectivity index (χ1n) is 5.08. The lowest BCUT2D eigenvalue weighted by Gasteiger charge is -2.09. The summed E-state index contributed by atoms with van der Waals surface area (Å²) in [5, 5.41) is 0.495. The number of nitrogen functional groups attached to an aromatic ring is 1. The van der Waals surface area contributed by atoms with E-state index in [1.165, 1.54) is 0 Å². The van der Waals surface area contributed by atoms with Crippen molar-refractivity contribution in [1.82, 2.24) is 0 Å². The summed E-state index contributed by atoms with van der Waals surface area (Å²) >= 11 is 7.60. The Balaban J connectivity index is 2.99. The van der Waals surface area contributed by atoms with Crippen LogP contribution in [0.5, 0.6) is 0 Å². The highest BCUT2D eigenvalue weighted by Crippen LogP contribution is 2.33. The van der Waals surface area contributed by atoms with E-state index in [2.05, 4.69) is 6.92 Å². The number of benzene rings is 1. The third-order valence-electron chi connectivity index (χ3n) is 2.08. The van der Waals surface area contributed by atoms with Crippen LogP contribution in [0.3, 0.4) is 0 Å². The fraction of sp³-hybridized carbons (Fsp3) is 0.364. The normalized spacial score (nSPS) is 10.4. The summed E-state index contributed by atoms with van der Waals surface area (Å²) in [6.45, 7) is 2.11. The van der Waals surface area contributed by atoms with Gasteiger partial charge in [-0.3, -0.25) is 4.79 Å². The molecular formula is C11H15ClN2OS. The Kier molecular flexibility index (Phi) is 4.96. The molecule has 0 saturated carbocycles. The van der Waals surface area contributed by atoms with Crippen molar-refractivity contribution >= 4 is 35.0 Å². The zero-order valence-electron chi connectivity index (χ0n) is 9.13. The molecule has 16 heavy (non-hydrogen) atoms. The zero-order chi connectivity index (χ0) is 12.1. The van der Waals surface area contributed by atoms with Crippen molar-refractivity contribution in [2.45, 2.75) is 24.7 Å². The van der Waals surface area contributed by atoms with Gasteiger partial charge >= 0.3 is 0 Å². The maximum absolute atomic E-state index is 11.3. The highest BCUT2D eigenvalue weighted by Gasteiger charge is 2.13. The maximum Gasteiger partial charge on any atom is 0.249 e. The van der Waals surface area contributed by atoms with E-state index in [4.69, 9.17) is 23.1 Å². The minimum atomic E-state index is -0.492. The molecule has 4 N–H and O–H groups in total. The van der Waals surface area contributed by atoms with Crippen LogP contribution < -0.4 is 11.5 Å². The second-order valence-electron chi connectivity index (χ2n) is 3.45. The summed E-state index contributed by atoms with van der Waals surface area (Å²) in [7, 11) is 0. The Hall–Kier alpha value is -0.870. The molecule has 0 aliphatic rings. The van der Waals surface area contributed by atoms with Crippen molar-refractivity contribution in [3.8, 4) is 0 Å². The smallest absolute Gasteiger partial charge is 0.249 e. The molecule has 0 radical (unpaired) electrons. The first-order valence-corrected chi connectivity index (χ1v) is 6.44. The Labute approximate surface area is 105 Å². The number of nitrogens with two attached hydrogens (primary N) is 2. The van der Waals surface area contributed by atoms with Crippen LogP contribution >= 0.6 is 23.4 Å². The molecule has 0 aromatic heterocycles. The van der Waals surface area contributed by atoms with E-state index < -0.39 is 5.91 Å². The van der Waals surface area contributed by atoms with Crippen LogP contribution in [0.15, 0.2) is 17.0 Å². The van der Waals surface area contributed by atoms with Gasteiger partial charge in [0.2, 0.25) is 5.91 Å². The molecule has 1 aromatic carbocycles. The van der Waals surface area contributed by atoms with Gasteiger partial charge in [0.15, 0.2) is 0 Å². The van der Waals surface area contributed by atoms with Gasteiger partial charge in [0, 0.05) is 10.6 Å². The van der Waals surface area contributed by atoms with Crippen molar-refractivity contribution in [3.05, 3.63) is 22.7 Å². The lowest BCUT2D eigenvalue weighted by molar-refractivity contribution is 0.0997. The molecule has 0 spiro atoms. The van der Waals surface area contributed by atoms with Gasteiger partial charge in [0.05, 0.1) is 10.6 Å². The summed E-state index contributed by atoms with van der Waals surface area (Å²) in [4.78, 5) is 12.0. The summed E-state index contributed by atoms with van der Waals surface area (Å²) in [5.74, 6) is 0.425. The Morgan fingerprint density at radius 2 is 2.19 bits per heavy atom. The predicted octanol–water partition coefficient (Wildman–Crippen LogP) is 2.91. The molecule has 1 amide bonds. The average molecular weight is 259 g/mol. The molecule has 0 aliphatic heterocycles. The molecule has 3 nitrogen and oxygen atoms in total. The van der Waals surface area contributed by atoms with Gasteiger partial charge < -0.3 is 11.5 Å². The van der Waals surface area contributed by atoms with Crippen LogP contribution in [0.4, 0.5) is 5.69 Å². The standard InChI is InChI=1S/C11H15ClN2OS/c1-2-3-4-16-10-8(11(14)15)5-7(13)6-9(10)12/h5-6H,2-4,13H2,1H3,(H2,14,15). The van der Waals surface area contributed by atoms with Crippen molar-refractivity contribution in [3.63, 3.8) is 0 Å². The number of carbonyl (C=O) groups is 1. The quantitative estimate of drug-likeness (QED) is 0.485. The van der Waals surface area contributed by atoms with Crippen LogP contribution in [0.1, 0.15) is 30.1 Å². The number of hydrogen-bond donors (Lipinski definition) is 2. The zero-order valence-corrected chi connectivity index (χ0v) is 10.7. The van der Waals surface area contributed by atoms with Gasteiger partial charge in [0.1, 0.15) is 0 Å². The third kappa shape index (κ3) is 3.32. The van der Waals surface area contributed by atoms with E-state index in [1.54, 1.807) is 23.9 Å². The molecule has 0 bridgehead atoms. The van der Waals surface area contributed by atoms with Gasteiger partial charge in [-0.25, -0.2) is 0 Å². The van der Waals surface area contributed by atoms with Crippen LogP contribution in [0.2, 0.25) is 5.02 Å². The van der Waals surface area contributed by atoms with Crippen molar-refractivity contribution in [2.75, 3.05) is 11.5 Å². The minimum absolute atomic E-state index is 0.408. The second kappa shape index (κ2) is 6.01. The Morgan fingerprint density at radius 3 is 2.75 bits per heavy atom. The molecule has 0 heterocycles. The van der Waals surface area contributed by atoms with Crippen LogP contribution in [-0.4, -0.2) is 11.7 Å². The van der Waals surface area contributed by atoms with E-state index in [9.17, 15) is 4.79 Å². The number of thioether (sulfide) groups is 1. The first kappa shape index (κ1) is 13.2. The number of carbonyl (C=O) groups excluding carboxylic acids is 1. The van der Waals surface area contributed by atoms with Gasteiger partial charge in [-0.05, 0) is 24.3 Å². The largest absolute Gasteiger partial charge is 0.399 e. The van der Waals surface area contributed by atoms with E-state index in [0.29, 0.717) is 16.3 Å². The highest BCUT2D eigenvalue weighted by molar-refractivity contribution is 7.99. The van der Waals surface area contributed by atoms with Gasteiger partial charge in [-0.15, -0.1) is 11.8 Å². The maximum atomic E-state index is 11.3.